The first-order chi connectivity index (χ1) is 9.44. The standard InChI is InChI=1S/C16H18N2O2.ClH/c1-16(2,3)20-14-6-4-13(5-7-14)18-15(19)12-8-10-17-11-9-12;/h4-11H,1-3H3,(H,18,19);1H. The molecule has 1 N–H and O–H groups in total. The predicted octanol–water partition coefficient (Wildman–Crippen LogP) is 3.93. The number of hydrogen-bond donors (Lipinski definition) is 1. The molecule has 1 aromatic carbocycles. The summed E-state index contributed by atoms with van der Waals surface area (Å²) in [6.07, 6.45) is 3.18. The summed E-state index contributed by atoms with van der Waals surface area (Å²) in [5.74, 6) is 0.622. The third-order valence-corrected chi connectivity index (χ3v) is 2.48. The monoisotopic (exact) mass is 306 g/mol. The number of hydrogen-bond acceptors (Lipinski definition) is 3. The van der Waals surface area contributed by atoms with Crippen LogP contribution < -0.4 is 10.1 Å². The second kappa shape index (κ2) is 7.09. The zero-order valence-electron chi connectivity index (χ0n) is 12.3. The van der Waals surface area contributed by atoms with E-state index in [4.69, 9.17) is 4.74 Å². The van der Waals surface area contributed by atoms with Crippen LogP contribution in [0.2, 0.25) is 0 Å². The van der Waals surface area contributed by atoms with E-state index in [0.717, 1.165) is 11.4 Å². The van der Waals surface area contributed by atoms with Crippen LogP contribution in [0.4, 0.5) is 5.69 Å². The van der Waals surface area contributed by atoms with Crippen LogP contribution in [0.1, 0.15) is 31.1 Å². The molecule has 2 aromatic rings. The molecule has 2 rings (SSSR count). The maximum Gasteiger partial charge on any atom is 0.255 e. The fourth-order valence-corrected chi connectivity index (χ4v) is 1.67. The molecular weight excluding hydrogens is 288 g/mol. The molecule has 0 aliphatic rings. The summed E-state index contributed by atoms with van der Waals surface area (Å²) in [7, 11) is 0. The molecule has 0 atom stereocenters. The third kappa shape index (κ3) is 5.44. The number of amides is 1. The minimum Gasteiger partial charge on any atom is -0.488 e. The fraction of sp³-hybridized carbons (Fsp3) is 0.250. The van der Waals surface area contributed by atoms with Crippen LogP contribution in [-0.2, 0) is 0 Å². The molecular formula is C16H19ClN2O2. The van der Waals surface area contributed by atoms with Gasteiger partial charge in [-0.2, -0.15) is 0 Å². The molecule has 0 unspecified atom stereocenters. The SMILES string of the molecule is CC(C)(C)Oc1ccc(NC(=O)c2ccncc2)cc1.Cl. The lowest BCUT2D eigenvalue weighted by Crippen LogP contribution is -2.22. The van der Waals surface area contributed by atoms with E-state index in [2.05, 4.69) is 10.3 Å². The van der Waals surface area contributed by atoms with Gasteiger partial charge in [0.05, 0.1) is 0 Å². The van der Waals surface area contributed by atoms with Crippen molar-refractivity contribution in [3.8, 4) is 5.75 Å². The number of carbonyl (C=O) groups is 1. The van der Waals surface area contributed by atoms with Crippen LogP contribution in [0.25, 0.3) is 0 Å². The number of benzene rings is 1. The minimum absolute atomic E-state index is 0. The van der Waals surface area contributed by atoms with Crippen LogP contribution in [0, 0.1) is 0 Å². The Labute approximate surface area is 131 Å². The van der Waals surface area contributed by atoms with Gasteiger partial charge in [0.15, 0.2) is 0 Å². The minimum atomic E-state index is -0.234. The topological polar surface area (TPSA) is 51.2 Å². The maximum atomic E-state index is 12.0. The number of rotatable bonds is 3. The van der Waals surface area contributed by atoms with Gasteiger partial charge in [0, 0.05) is 23.6 Å². The Morgan fingerprint density at radius 1 is 1.05 bits per heavy atom. The first-order valence-electron chi connectivity index (χ1n) is 6.44. The maximum absolute atomic E-state index is 12.0. The number of ether oxygens (including phenoxy) is 1. The normalized spacial score (nSPS) is 10.4. The van der Waals surface area contributed by atoms with E-state index in [1.807, 2.05) is 45.0 Å². The van der Waals surface area contributed by atoms with Gasteiger partial charge in [-0.1, -0.05) is 0 Å². The summed E-state index contributed by atoms with van der Waals surface area (Å²) in [6.45, 7) is 5.98. The lowest BCUT2D eigenvalue weighted by Gasteiger charge is -2.21. The summed E-state index contributed by atoms with van der Waals surface area (Å²) in [6, 6.07) is 10.7. The number of nitrogens with one attached hydrogen (secondary N) is 1. The Bertz CT molecular complexity index is 577. The van der Waals surface area contributed by atoms with E-state index >= 15 is 0 Å². The van der Waals surface area contributed by atoms with Crippen LogP contribution in [0.5, 0.6) is 5.75 Å². The van der Waals surface area contributed by atoms with Gasteiger partial charge in [-0.15, -0.1) is 12.4 Å². The quantitative estimate of drug-likeness (QED) is 0.934. The molecule has 0 bridgehead atoms. The number of anilines is 1. The van der Waals surface area contributed by atoms with Crippen molar-refractivity contribution in [3.63, 3.8) is 0 Å². The Balaban J connectivity index is 0.00000220. The number of carbonyl (C=O) groups excluding carboxylic acids is 1. The first-order valence-corrected chi connectivity index (χ1v) is 6.44. The number of nitrogens with zero attached hydrogens (tertiary/aromatic N) is 1. The van der Waals surface area contributed by atoms with E-state index in [0.29, 0.717) is 5.56 Å². The molecule has 0 saturated carbocycles. The highest BCUT2D eigenvalue weighted by Crippen LogP contribution is 2.20. The van der Waals surface area contributed by atoms with Crippen molar-refractivity contribution in [1.29, 1.82) is 0 Å². The predicted molar refractivity (Wildman–Crippen MR) is 86.3 cm³/mol. The third-order valence-electron chi connectivity index (χ3n) is 2.48. The number of halogens is 1. The molecule has 0 saturated heterocycles. The van der Waals surface area contributed by atoms with E-state index < -0.39 is 0 Å². The van der Waals surface area contributed by atoms with Gasteiger partial charge in [-0.3, -0.25) is 9.78 Å². The smallest absolute Gasteiger partial charge is 0.255 e. The van der Waals surface area contributed by atoms with Crippen molar-refractivity contribution in [2.24, 2.45) is 0 Å². The Morgan fingerprint density at radius 3 is 2.14 bits per heavy atom. The molecule has 1 heterocycles. The van der Waals surface area contributed by atoms with Crippen molar-refractivity contribution in [2.75, 3.05) is 5.32 Å². The van der Waals surface area contributed by atoms with Gasteiger partial charge < -0.3 is 10.1 Å². The van der Waals surface area contributed by atoms with Gasteiger partial charge >= 0.3 is 0 Å². The highest BCUT2D eigenvalue weighted by molar-refractivity contribution is 6.04. The lowest BCUT2D eigenvalue weighted by molar-refractivity contribution is 0.102. The molecule has 0 aliphatic carbocycles. The van der Waals surface area contributed by atoms with Crippen LogP contribution in [-0.4, -0.2) is 16.5 Å². The van der Waals surface area contributed by atoms with Crippen molar-refractivity contribution in [3.05, 3.63) is 54.4 Å². The van der Waals surface area contributed by atoms with Gasteiger partial charge in [-0.25, -0.2) is 0 Å². The summed E-state index contributed by atoms with van der Waals surface area (Å²) in [5, 5.41) is 2.83. The van der Waals surface area contributed by atoms with Crippen molar-refractivity contribution in [2.45, 2.75) is 26.4 Å². The Morgan fingerprint density at radius 2 is 1.62 bits per heavy atom. The molecule has 0 fully saturated rings. The fourth-order valence-electron chi connectivity index (χ4n) is 1.67. The average molecular weight is 307 g/mol. The zero-order valence-corrected chi connectivity index (χ0v) is 13.1. The van der Waals surface area contributed by atoms with Gasteiger partial charge in [0.1, 0.15) is 11.4 Å². The highest BCUT2D eigenvalue weighted by atomic mass is 35.5. The molecule has 0 spiro atoms. The van der Waals surface area contributed by atoms with Crippen molar-refractivity contribution < 1.29 is 9.53 Å². The van der Waals surface area contributed by atoms with E-state index in [1.165, 1.54) is 0 Å². The van der Waals surface area contributed by atoms with E-state index in [-0.39, 0.29) is 23.9 Å². The van der Waals surface area contributed by atoms with Crippen molar-refractivity contribution in [1.82, 2.24) is 4.98 Å². The molecule has 112 valence electrons. The molecule has 0 aliphatic heterocycles. The zero-order chi connectivity index (χ0) is 14.6. The van der Waals surface area contributed by atoms with Crippen LogP contribution in [0.3, 0.4) is 0 Å². The van der Waals surface area contributed by atoms with Crippen molar-refractivity contribution >= 4 is 24.0 Å². The molecule has 0 radical (unpaired) electrons. The molecule has 21 heavy (non-hydrogen) atoms. The molecule has 5 heteroatoms. The average Bonchev–Trinajstić information content (AvgIpc) is 2.40. The largest absolute Gasteiger partial charge is 0.488 e. The summed E-state index contributed by atoms with van der Waals surface area (Å²) >= 11 is 0. The van der Waals surface area contributed by atoms with Gasteiger partial charge in [-0.05, 0) is 57.2 Å². The van der Waals surface area contributed by atoms with E-state index in [1.54, 1.807) is 24.5 Å². The first kappa shape index (κ1) is 17.0. The highest BCUT2D eigenvalue weighted by Gasteiger charge is 2.11. The summed E-state index contributed by atoms with van der Waals surface area (Å²) < 4.78 is 5.73. The Hall–Kier alpha value is -2.07. The van der Waals surface area contributed by atoms with Crippen LogP contribution in [0.15, 0.2) is 48.8 Å². The Kier molecular flexibility index (Phi) is 5.73. The van der Waals surface area contributed by atoms with Gasteiger partial charge in [0.25, 0.3) is 5.91 Å². The number of pyridine rings is 1. The summed E-state index contributed by atoms with van der Waals surface area (Å²) in [5.41, 5.74) is 1.07. The number of aromatic nitrogens is 1. The lowest BCUT2D eigenvalue weighted by atomic mass is 10.2. The summed E-state index contributed by atoms with van der Waals surface area (Å²) in [4.78, 5) is 15.8. The second-order valence-corrected chi connectivity index (χ2v) is 5.43. The van der Waals surface area contributed by atoms with E-state index in [9.17, 15) is 4.79 Å². The molecule has 4 nitrogen and oxygen atoms in total. The molecule has 1 aromatic heterocycles. The molecule has 1 amide bonds. The van der Waals surface area contributed by atoms with Gasteiger partial charge in [0.2, 0.25) is 0 Å². The second-order valence-electron chi connectivity index (χ2n) is 5.43. The van der Waals surface area contributed by atoms with Crippen LogP contribution >= 0.6 is 12.4 Å².